The van der Waals surface area contributed by atoms with E-state index in [1.165, 1.54) is 443 Å². The van der Waals surface area contributed by atoms with Crippen LogP contribution in [-0.2, 0) is 14.3 Å². The third-order valence-corrected chi connectivity index (χ3v) is 21.6. The number of hydrogen-bond acceptors (Lipinski definition) is 5. The number of carbonyl (C=O) groups is 2. The van der Waals surface area contributed by atoms with Crippen LogP contribution in [-0.4, -0.2) is 47.4 Å². The van der Waals surface area contributed by atoms with Gasteiger partial charge in [-0.15, -0.1) is 0 Å². The lowest BCUT2D eigenvalue weighted by Gasteiger charge is -2.20. The Morgan fingerprint density at radius 2 is 0.500 bits per heavy atom. The highest BCUT2D eigenvalue weighted by Gasteiger charge is 2.18. The number of unbranched alkanes of at least 4 members (excludes halogenated alkanes) is 70. The van der Waals surface area contributed by atoms with Crippen molar-refractivity contribution >= 4 is 11.9 Å². The van der Waals surface area contributed by atoms with Crippen molar-refractivity contribution in [2.45, 2.75) is 527 Å². The highest BCUT2D eigenvalue weighted by atomic mass is 16.5. The molecule has 0 aliphatic rings. The summed E-state index contributed by atoms with van der Waals surface area (Å²) in [7, 11) is 0. The van der Waals surface area contributed by atoms with Gasteiger partial charge in [-0.3, -0.25) is 9.59 Å². The molecule has 3 N–H and O–H groups in total. The molecule has 1 amide bonds. The Morgan fingerprint density at radius 3 is 0.790 bits per heavy atom. The molecule has 0 aromatic heterocycles. The predicted molar refractivity (Wildman–Crippen MR) is 444 cm³/mol. The molecule has 0 aromatic rings. The maximum atomic E-state index is 12.6. The summed E-state index contributed by atoms with van der Waals surface area (Å²) in [4.78, 5) is 24.7. The van der Waals surface area contributed by atoms with Crippen LogP contribution in [0, 0.1) is 0 Å². The molecule has 100 heavy (non-hydrogen) atoms. The van der Waals surface area contributed by atoms with Crippen LogP contribution in [0.25, 0.3) is 0 Å². The molecule has 2 atom stereocenters. The van der Waals surface area contributed by atoms with Gasteiger partial charge in [-0.2, -0.15) is 0 Å². The number of hydrogen-bond donors (Lipinski definition) is 3. The number of rotatable bonds is 87. The second kappa shape index (κ2) is 89.2. The Balaban J connectivity index is 3.34. The highest BCUT2D eigenvalue weighted by molar-refractivity contribution is 5.76. The van der Waals surface area contributed by atoms with Gasteiger partial charge in [0, 0.05) is 12.8 Å². The molecular formula is C94H179NO5. The molecule has 6 heteroatoms. The number of nitrogens with one attached hydrogen (secondary N) is 1. The zero-order valence-corrected chi connectivity index (χ0v) is 68.0. The molecule has 0 aliphatic carbocycles. The second-order valence-electron chi connectivity index (χ2n) is 31.6. The minimum absolute atomic E-state index is 0.0194. The van der Waals surface area contributed by atoms with Crippen LogP contribution in [0.3, 0.4) is 0 Å². The molecule has 0 fully saturated rings. The third-order valence-electron chi connectivity index (χ3n) is 21.6. The molecule has 0 saturated carbocycles. The van der Waals surface area contributed by atoms with Crippen molar-refractivity contribution in [1.82, 2.24) is 5.32 Å². The number of allylic oxidation sites excluding steroid dienone is 7. The standard InChI is InChI=1S/C94H179NO5/c1-3-5-7-9-11-13-15-17-19-21-23-24-25-41-44-47-51-54-58-62-66-70-74-78-82-86-92(97)91(90-96)95-93(98)87-83-79-75-71-67-63-59-55-52-48-45-42-39-37-35-33-31-29-27-26-28-30-32-34-36-38-40-43-46-49-53-57-61-65-69-73-77-81-85-89-100-94(99)88-84-80-76-72-68-64-60-56-50-22-20-18-16-14-12-10-8-6-4-2/h12,14,18,20,26-27,82,86,91-92,96-97H,3-11,13,15-17,19,21-25,28-81,83-85,87-90H2,1-2H3,(H,95,98)/b14-12-,20-18-,27-26-,86-82+. The fraction of sp³-hybridized carbons (Fsp3) is 0.894. The third kappa shape index (κ3) is 84.8. The van der Waals surface area contributed by atoms with Gasteiger partial charge < -0.3 is 20.3 Å². The van der Waals surface area contributed by atoms with Crippen LogP contribution in [0.15, 0.2) is 48.6 Å². The number of aliphatic hydroxyl groups excluding tert-OH is 2. The van der Waals surface area contributed by atoms with Gasteiger partial charge in [-0.1, -0.05) is 461 Å². The van der Waals surface area contributed by atoms with Crippen LogP contribution in [0.5, 0.6) is 0 Å². The summed E-state index contributed by atoms with van der Waals surface area (Å²) in [6.07, 6.45) is 120. The van der Waals surface area contributed by atoms with Gasteiger partial charge in [0.05, 0.1) is 25.4 Å². The largest absolute Gasteiger partial charge is 0.466 e. The van der Waals surface area contributed by atoms with Gasteiger partial charge >= 0.3 is 5.97 Å². The van der Waals surface area contributed by atoms with Gasteiger partial charge in [-0.25, -0.2) is 0 Å². The van der Waals surface area contributed by atoms with Crippen molar-refractivity contribution in [3.8, 4) is 0 Å². The second-order valence-corrected chi connectivity index (χ2v) is 31.6. The van der Waals surface area contributed by atoms with Crippen molar-refractivity contribution in [1.29, 1.82) is 0 Å². The van der Waals surface area contributed by atoms with Crippen LogP contribution in [0.4, 0.5) is 0 Å². The van der Waals surface area contributed by atoms with Crippen molar-refractivity contribution in [2.75, 3.05) is 13.2 Å². The van der Waals surface area contributed by atoms with E-state index < -0.39 is 12.1 Å². The molecule has 6 nitrogen and oxygen atoms in total. The molecule has 0 saturated heterocycles. The van der Waals surface area contributed by atoms with E-state index in [9.17, 15) is 19.8 Å². The summed E-state index contributed by atoms with van der Waals surface area (Å²) < 4.78 is 5.52. The Kier molecular flexibility index (Phi) is 87.3. The topological polar surface area (TPSA) is 95.9 Å². The Hall–Kier alpha value is -2.18. The van der Waals surface area contributed by atoms with E-state index in [-0.39, 0.29) is 18.5 Å². The number of aliphatic hydroxyl groups is 2. The fourth-order valence-electron chi connectivity index (χ4n) is 14.6. The lowest BCUT2D eigenvalue weighted by atomic mass is 10.0. The monoisotopic (exact) mass is 1400 g/mol. The first-order valence-corrected chi connectivity index (χ1v) is 45.9. The molecular weight excluding hydrogens is 1220 g/mol. The maximum Gasteiger partial charge on any atom is 0.305 e. The van der Waals surface area contributed by atoms with Gasteiger partial charge in [0.1, 0.15) is 0 Å². The van der Waals surface area contributed by atoms with Crippen molar-refractivity contribution in [2.24, 2.45) is 0 Å². The summed E-state index contributed by atoms with van der Waals surface area (Å²) in [5, 5.41) is 23.4. The number of amides is 1. The van der Waals surface area contributed by atoms with E-state index >= 15 is 0 Å². The molecule has 0 rings (SSSR count). The minimum atomic E-state index is -0.844. The smallest absolute Gasteiger partial charge is 0.305 e. The average Bonchev–Trinajstić information content (AvgIpc) is 1.80. The zero-order chi connectivity index (χ0) is 71.9. The molecule has 0 bridgehead atoms. The van der Waals surface area contributed by atoms with Crippen LogP contribution >= 0.6 is 0 Å². The molecule has 0 aromatic carbocycles. The van der Waals surface area contributed by atoms with Crippen LogP contribution < -0.4 is 5.32 Å². The minimum Gasteiger partial charge on any atom is -0.466 e. The summed E-state index contributed by atoms with van der Waals surface area (Å²) in [5.41, 5.74) is 0. The number of esters is 1. The van der Waals surface area contributed by atoms with Crippen LogP contribution in [0.2, 0.25) is 0 Å². The van der Waals surface area contributed by atoms with Crippen molar-refractivity contribution < 1.29 is 24.5 Å². The first kappa shape index (κ1) is 97.8. The summed E-state index contributed by atoms with van der Waals surface area (Å²) in [6.45, 7) is 4.94. The van der Waals surface area contributed by atoms with E-state index in [0.717, 1.165) is 44.9 Å². The van der Waals surface area contributed by atoms with Gasteiger partial charge in [0.15, 0.2) is 0 Å². The summed E-state index contributed by atoms with van der Waals surface area (Å²) in [6, 6.07) is -0.627. The van der Waals surface area contributed by atoms with Crippen molar-refractivity contribution in [3.05, 3.63) is 48.6 Å². The highest BCUT2D eigenvalue weighted by Crippen LogP contribution is 2.21. The quantitative estimate of drug-likeness (QED) is 0.0320. The first-order chi connectivity index (χ1) is 49.5. The van der Waals surface area contributed by atoms with E-state index in [1.807, 2.05) is 6.08 Å². The predicted octanol–water partition coefficient (Wildman–Crippen LogP) is 31.1. The van der Waals surface area contributed by atoms with Gasteiger partial charge in [0.2, 0.25) is 5.91 Å². The maximum absolute atomic E-state index is 12.6. The van der Waals surface area contributed by atoms with E-state index in [0.29, 0.717) is 19.4 Å². The van der Waals surface area contributed by atoms with Gasteiger partial charge in [0.25, 0.3) is 0 Å². The van der Waals surface area contributed by atoms with E-state index in [2.05, 4.69) is 55.6 Å². The normalized spacial score (nSPS) is 12.6. The lowest BCUT2D eigenvalue weighted by molar-refractivity contribution is -0.143. The lowest BCUT2D eigenvalue weighted by Crippen LogP contribution is -2.45. The SMILES string of the molecule is CCCCC/C=C\C/C=C\CCCCCCCCCCCC(=O)OCCCCCCCCCCCCCCCCCCCC/C=C\CCCCCCCCCCCCCCCCCCCC(=O)NC(CO)C(O)/C=C/CCCCCCCCCCCCCCCCCCCCCCCCC. The number of ether oxygens (including phenoxy) is 1. The molecule has 0 aliphatic heterocycles. The number of carbonyl (C=O) groups excluding carboxylic acids is 2. The fourth-order valence-corrected chi connectivity index (χ4v) is 14.6. The Morgan fingerprint density at radius 1 is 0.280 bits per heavy atom. The zero-order valence-electron chi connectivity index (χ0n) is 68.0. The molecule has 0 radical (unpaired) electrons. The van der Waals surface area contributed by atoms with Crippen LogP contribution in [0.1, 0.15) is 515 Å². The molecule has 2 unspecified atom stereocenters. The molecule has 590 valence electrons. The van der Waals surface area contributed by atoms with E-state index in [4.69, 9.17) is 4.74 Å². The summed E-state index contributed by atoms with van der Waals surface area (Å²) >= 11 is 0. The average molecular weight is 1400 g/mol. The molecule has 0 heterocycles. The Bertz CT molecular complexity index is 1670. The molecule has 0 spiro atoms. The Labute approximate surface area is 626 Å². The summed E-state index contributed by atoms with van der Waals surface area (Å²) in [5.74, 6) is -0.0386. The van der Waals surface area contributed by atoms with Crippen molar-refractivity contribution in [3.63, 3.8) is 0 Å². The van der Waals surface area contributed by atoms with E-state index in [1.54, 1.807) is 6.08 Å². The first-order valence-electron chi connectivity index (χ1n) is 45.9. The van der Waals surface area contributed by atoms with Gasteiger partial charge in [-0.05, 0) is 89.9 Å².